The van der Waals surface area contributed by atoms with E-state index in [1.54, 1.807) is 36.5 Å². The van der Waals surface area contributed by atoms with E-state index in [4.69, 9.17) is 5.73 Å². The number of aromatic nitrogens is 4. The van der Waals surface area contributed by atoms with Crippen molar-refractivity contribution in [2.24, 2.45) is 0 Å². The zero-order valence-corrected chi connectivity index (χ0v) is 18.2. The van der Waals surface area contributed by atoms with Crippen molar-refractivity contribution in [1.29, 1.82) is 0 Å². The topological polar surface area (TPSA) is 122 Å². The van der Waals surface area contributed by atoms with Crippen molar-refractivity contribution in [3.63, 3.8) is 0 Å². The van der Waals surface area contributed by atoms with Gasteiger partial charge in [-0.2, -0.15) is 0 Å². The van der Waals surface area contributed by atoms with Crippen molar-refractivity contribution < 1.29 is 4.79 Å². The number of H-pyrrole nitrogens is 1. The lowest BCUT2D eigenvalue weighted by Gasteiger charge is -2.10. The molecule has 32 heavy (non-hydrogen) atoms. The summed E-state index contributed by atoms with van der Waals surface area (Å²) < 4.78 is 0. The van der Waals surface area contributed by atoms with Crippen molar-refractivity contribution in [3.05, 3.63) is 77.9 Å². The van der Waals surface area contributed by atoms with Crippen LogP contribution >= 0.6 is 0 Å². The van der Waals surface area contributed by atoms with Gasteiger partial charge in [0.2, 0.25) is 5.95 Å². The number of rotatable bonds is 6. The number of anilines is 4. The number of benzene rings is 2. The Kier molecular flexibility index (Phi) is 5.85. The van der Waals surface area contributed by atoms with E-state index in [1.165, 1.54) is 0 Å². The van der Waals surface area contributed by atoms with Gasteiger partial charge in [0, 0.05) is 17.4 Å². The van der Waals surface area contributed by atoms with Gasteiger partial charge in [0.1, 0.15) is 5.82 Å². The quantitative estimate of drug-likeness (QED) is 0.326. The molecule has 8 nitrogen and oxygen atoms in total. The van der Waals surface area contributed by atoms with Gasteiger partial charge in [-0.25, -0.2) is 15.0 Å². The third kappa shape index (κ3) is 4.59. The van der Waals surface area contributed by atoms with Crippen LogP contribution < -0.4 is 16.4 Å². The molecule has 0 aliphatic rings. The summed E-state index contributed by atoms with van der Waals surface area (Å²) in [7, 11) is 0. The molecule has 0 saturated carbocycles. The van der Waals surface area contributed by atoms with Gasteiger partial charge in [-0.15, -0.1) is 0 Å². The molecule has 5 N–H and O–H groups in total. The number of carbonyl (C=O) groups excluding carboxylic acids is 1. The van der Waals surface area contributed by atoms with E-state index in [2.05, 4.69) is 44.4 Å². The zero-order chi connectivity index (χ0) is 22.7. The molecule has 8 heteroatoms. The number of aryl methyl sites for hydroxylation is 1. The van der Waals surface area contributed by atoms with E-state index in [1.807, 2.05) is 31.2 Å². The number of hydrogen-bond acceptors (Lipinski definition) is 6. The van der Waals surface area contributed by atoms with Crippen LogP contribution in [0, 0.1) is 6.92 Å². The lowest BCUT2D eigenvalue weighted by atomic mass is 10.1. The van der Waals surface area contributed by atoms with E-state index in [9.17, 15) is 4.79 Å². The Morgan fingerprint density at radius 2 is 1.88 bits per heavy atom. The molecule has 2 aromatic heterocycles. The van der Waals surface area contributed by atoms with Gasteiger partial charge in [-0.1, -0.05) is 32.0 Å². The van der Waals surface area contributed by atoms with Gasteiger partial charge in [0.15, 0.2) is 0 Å². The number of aromatic amines is 1. The van der Waals surface area contributed by atoms with Crippen LogP contribution in [-0.2, 0) is 0 Å². The molecule has 0 atom stereocenters. The summed E-state index contributed by atoms with van der Waals surface area (Å²) in [6.07, 6.45) is 1.69. The summed E-state index contributed by atoms with van der Waals surface area (Å²) in [4.78, 5) is 29.5. The van der Waals surface area contributed by atoms with Crippen LogP contribution in [0.4, 0.5) is 23.0 Å². The second-order valence-electron chi connectivity index (χ2n) is 7.75. The van der Waals surface area contributed by atoms with Gasteiger partial charge in [0.25, 0.3) is 5.91 Å². The van der Waals surface area contributed by atoms with Crippen molar-refractivity contribution in [3.8, 4) is 11.4 Å². The number of nitrogens with zero attached hydrogens (tertiary/aromatic N) is 3. The molecule has 0 bridgehead atoms. The second-order valence-corrected chi connectivity index (χ2v) is 7.75. The second kappa shape index (κ2) is 8.89. The molecule has 4 rings (SSSR count). The first-order chi connectivity index (χ1) is 15.4. The molecule has 2 aromatic carbocycles. The van der Waals surface area contributed by atoms with Gasteiger partial charge in [0.05, 0.1) is 28.5 Å². The summed E-state index contributed by atoms with van der Waals surface area (Å²) in [5.74, 6) is 1.27. The van der Waals surface area contributed by atoms with E-state index in [-0.39, 0.29) is 11.8 Å². The van der Waals surface area contributed by atoms with E-state index in [0.29, 0.717) is 28.6 Å². The average molecular weight is 428 g/mol. The Labute approximate surface area is 186 Å². The third-order valence-electron chi connectivity index (χ3n) is 4.90. The first-order valence-electron chi connectivity index (χ1n) is 10.3. The highest BCUT2D eigenvalue weighted by Gasteiger charge is 2.15. The smallest absolute Gasteiger partial charge is 0.255 e. The summed E-state index contributed by atoms with van der Waals surface area (Å²) in [5, 5.41) is 6.01. The first kappa shape index (κ1) is 21.0. The van der Waals surface area contributed by atoms with Crippen LogP contribution in [0.25, 0.3) is 11.4 Å². The van der Waals surface area contributed by atoms with Crippen molar-refractivity contribution in [2.45, 2.75) is 26.7 Å². The summed E-state index contributed by atoms with van der Waals surface area (Å²) >= 11 is 0. The van der Waals surface area contributed by atoms with Crippen LogP contribution in [-0.4, -0.2) is 25.8 Å². The average Bonchev–Trinajstić information content (AvgIpc) is 3.18. The Morgan fingerprint density at radius 3 is 2.66 bits per heavy atom. The maximum atomic E-state index is 12.7. The molecule has 2 heterocycles. The molecule has 0 aliphatic heterocycles. The van der Waals surface area contributed by atoms with Gasteiger partial charge in [-0.05, 0) is 49.2 Å². The molecular formula is C24H25N7O. The molecule has 0 spiro atoms. The molecule has 0 fully saturated rings. The third-order valence-corrected chi connectivity index (χ3v) is 4.90. The number of nitrogens with two attached hydrogens (primary N) is 1. The summed E-state index contributed by atoms with van der Waals surface area (Å²) in [5.41, 5.74) is 10.8. The lowest BCUT2D eigenvalue weighted by molar-refractivity contribution is 0.102. The van der Waals surface area contributed by atoms with E-state index in [0.717, 1.165) is 22.9 Å². The number of imidazole rings is 1. The van der Waals surface area contributed by atoms with Crippen LogP contribution in [0.2, 0.25) is 0 Å². The fourth-order valence-corrected chi connectivity index (χ4v) is 3.35. The lowest BCUT2D eigenvalue weighted by Crippen LogP contribution is -2.13. The van der Waals surface area contributed by atoms with Crippen LogP contribution in [0.15, 0.2) is 60.8 Å². The molecule has 0 saturated heterocycles. The minimum Gasteiger partial charge on any atom is -0.397 e. The van der Waals surface area contributed by atoms with Crippen molar-refractivity contribution >= 4 is 28.9 Å². The number of para-hydroxylation sites is 2. The largest absolute Gasteiger partial charge is 0.397 e. The Morgan fingerprint density at radius 1 is 1.06 bits per heavy atom. The van der Waals surface area contributed by atoms with Crippen LogP contribution in [0.5, 0.6) is 0 Å². The number of carbonyl (C=O) groups is 1. The molecular weight excluding hydrogens is 402 g/mol. The predicted octanol–water partition coefficient (Wildman–Crippen LogP) is 4.88. The highest BCUT2D eigenvalue weighted by Crippen LogP contribution is 2.27. The summed E-state index contributed by atoms with van der Waals surface area (Å²) in [6, 6.07) is 16.1. The van der Waals surface area contributed by atoms with E-state index < -0.39 is 0 Å². The number of nitrogens with one attached hydrogen (secondary N) is 3. The minimum atomic E-state index is -0.254. The summed E-state index contributed by atoms with van der Waals surface area (Å²) in [6.45, 7) is 6.12. The Bertz CT molecular complexity index is 1260. The standard InChI is InChI=1S/C24H25N7O/c1-14(2)21-22(28-15(3)27-21)20-11-12-26-24(31-20)29-17-8-6-7-16(13-17)23(32)30-19-10-5-4-9-18(19)25/h4-14H,25H2,1-3H3,(H,27,28)(H,30,32)(H,26,29,31). The molecule has 0 aliphatic carbocycles. The Balaban J connectivity index is 1.55. The molecule has 0 radical (unpaired) electrons. The maximum absolute atomic E-state index is 12.7. The minimum absolute atomic E-state index is 0.254. The molecule has 0 unspecified atom stereocenters. The number of amides is 1. The molecule has 4 aromatic rings. The van der Waals surface area contributed by atoms with Gasteiger partial charge in [-0.3, -0.25) is 4.79 Å². The first-order valence-corrected chi connectivity index (χ1v) is 10.3. The van der Waals surface area contributed by atoms with Gasteiger partial charge < -0.3 is 21.4 Å². The maximum Gasteiger partial charge on any atom is 0.255 e. The SMILES string of the molecule is Cc1nc(C(C)C)c(-c2ccnc(Nc3cccc(C(=O)Nc4ccccc4N)c3)n2)[nH]1. The van der Waals surface area contributed by atoms with Gasteiger partial charge >= 0.3 is 0 Å². The highest BCUT2D eigenvalue weighted by molar-refractivity contribution is 6.06. The molecule has 162 valence electrons. The Hall–Kier alpha value is -4.20. The monoisotopic (exact) mass is 427 g/mol. The molecule has 1 amide bonds. The number of nitrogen functional groups attached to an aromatic ring is 1. The number of hydrogen-bond donors (Lipinski definition) is 4. The van der Waals surface area contributed by atoms with Crippen LogP contribution in [0.3, 0.4) is 0 Å². The zero-order valence-electron chi connectivity index (χ0n) is 18.2. The fourth-order valence-electron chi connectivity index (χ4n) is 3.35. The van der Waals surface area contributed by atoms with Crippen molar-refractivity contribution in [1.82, 2.24) is 19.9 Å². The van der Waals surface area contributed by atoms with Crippen molar-refractivity contribution in [2.75, 3.05) is 16.4 Å². The highest BCUT2D eigenvalue weighted by atomic mass is 16.1. The fraction of sp³-hybridized carbons (Fsp3) is 0.167. The predicted molar refractivity (Wildman–Crippen MR) is 127 cm³/mol. The van der Waals surface area contributed by atoms with Crippen LogP contribution in [0.1, 0.15) is 41.6 Å². The normalized spacial score (nSPS) is 10.9. The van der Waals surface area contributed by atoms with E-state index >= 15 is 0 Å².